The standard InChI is InChI=1S/C25H27N5O/c1-17-21(14-19-5-4-10-27-23(19)29-17)24(31)28-16-18-6-7-22(20(13-18)15-26)30-11-8-25(2,3)9-12-30/h4-7,10,13-14H,8-9,11-12,16H2,1-3H3,(H,28,31). The molecule has 3 heterocycles. The summed E-state index contributed by atoms with van der Waals surface area (Å²) in [5.41, 5.74) is 4.71. The minimum Gasteiger partial charge on any atom is -0.370 e. The highest BCUT2D eigenvalue weighted by Crippen LogP contribution is 2.33. The van der Waals surface area contributed by atoms with Crippen molar-refractivity contribution in [2.45, 2.75) is 40.2 Å². The molecule has 1 fully saturated rings. The number of piperidine rings is 1. The molecule has 0 unspecified atom stereocenters. The molecule has 4 rings (SSSR count). The molecule has 0 saturated carbocycles. The second kappa shape index (κ2) is 8.35. The van der Waals surface area contributed by atoms with Crippen LogP contribution in [0.2, 0.25) is 0 Å². The van der Waals surface area contributed by atoms with Gasteiger partial charge in [-0.2, -0.15) is 5.26 Å². The van der Waals surface area contributed by atoms with E-state index >= 15 is 0 Å². The highest BCUT2D eigenvalue weighted by Gasteiger charge is 2.26. The molecule has 2 aromatic heterocycles. The van der Waals surface area contributed by atoms with E-state index in [1.54, 1.807) is 6.20 Å². The zero-order valence-electron chi connectivity index (χ0n) is 18.3. The van der Waals surface area contributed by atoms with Crippen molar-refractivity contribution in [1.82, 2.24) is 15.3 Å². The first kappa shape index (κ1) is 20.8. The number of hydrogen-bond acceptors (Lipinski definition) is 5. The molecule has 1 amide bonds. The van der Waals surface area contributed by atoms with E-state index in [2.05, 4.69) is 40.1 Å². The van der Waals surface area contributed by atoms with Crippen LogP contribution in [0, 0.1) is 23.7 Å². The van der Waals surface area contributed by atoms with Crippen LogP contribution < -0.4 is 10.2 Å². The van der Waals surface area contributed by atoms with Crippen LogP contribution in [0.5, 0.6) is 0 Å². The van der Waals surface area contributed by atoms with Gasteiger partial charge in [-0.1, -0.05) is 19.9 Å². The van der Waals surface area contributed by atoms with Crippen molar-refractivity contribution in [2.75, 3.05) is 18.0 Å². The summed E-state index contributed by atoms with van der Waals surface area (Å²) in [7, 11) is 0. The first-order valence-electron chi connectivity index (χ1n) is 10.6. The predicted octanol–water partition coefficient (Wildman–Crippen LogP) is 4.37. The number of fused-ring (bicyclic) bond motifs is 1. The third-order valence-corrected chi connectivity index (χ3v) is 6.12. The van der Waals surface area contributed by atoms with Gasteiger partial charge in [0.1, 0.15) is 6.07 Å². The minimum absolute atomic E-state index is 0.184. The summed E-state index contributed by atoms with van der Waals surface area (Å²) in [5, 5.41) is 13.5. The largest absolute Gasteiger partial charge is 0.370 e. The molecule has 3 aromatic rings. The number of nitrogens with zero attached hydrogens (tertiary/aromatic N) is 4. The molecule has 6 heteroatoms. The predicted molar refractivity (Wildman–Crippen MR) is 122 cm³/mol. The van der Waals surface area contributed by atoms with E-state index in [-0.39, 0.29) is 5.91 Å². The number of anilines is 1. The number of carbonyl (C=O) groups excluding carboxylic acids is 1. The van der Waals surface area contributed by atoms with Crippen LogP contribution in [-0.4, -0.2) is 29.0 Å². The van der Waals surface area contributed by atoms with Crippen LogP contribution >= 0.6 is 0 Å². The van der Waals surface area contributed by atoms with Gasteiger partial charge in [0.05, 0.1) is 22.5 Å². The van der Waals surface area contributed by atoms with Crippen molar-refractivity contribution in [2.24, 2.45) is 5.41 Å². The van der Waals surface area contributed by atoms with Gasteiger partial charge in [0.2, 0.25) is 0 Å². The molecule has 1 aliphatic rings. The normalized spacial score (nSPS) is 15.5. The van der Waals surface area contributed by atoms with Crippen molar-refractivity contribution in [1.29, 1.82) is 5.26 Å². The van der Waals surface area contributed by atoms with E-state index in [1.807, 2.05) is 43.3 Å². The highest BCUT2D eigenvalue weighted by molar-refractivity contribution is 5.98. The maximum atomic E-state index is 12.8. The fourth-order valence-electron chi connectivity index (χ4n) is 4.01. The molecule has 6 nitrogen and oxygen atoms in total. The molecule has 0 radical (unpaired) electrons. The monoisotopic (exact) mass is 413 g/mol. The molecule has 1 aliphatic heterocycles. The Morgan fingerprint density at radius 1 is 1.23 bits per heavy atom. The highest BCUT2D eigenvalue weighted by atomic mass is 16.1. The van der Waals surface area contributed by atoms with Crippen molar-refractivity contribution >= 4 is 22.6 Å². The number of hydrogen-bond donors (Lipinski definition) is 1. The Morgan fingerprint density at radius 3 is 2.74 bits per heavy atom. The fraction of sp³-hybridized carbons (Fsp3) is 0.360. The number of carbonyl (C=O) groups is 1. The number of nitriles is 1. The SMILES string of the molecule is Cc1nc2ncccc2cc1C(=O)NCc1ccc(N2CCC(C)(C)CC2)c(C#N)c1. The van der Waals surface area contributed by atoms with E-state index < -0.39 is 0 Å². The summed E-state index contributed by atoms with van der Waals surface area (Å²) in [5.74, 6) is -0.184. The Bertz CT molecular complexity index is 1170. The van der Waals surface area contributed by atoms with Crippen molar-refractivity contribution in [3.63, 3.8) is 0 Å². The molecule has 0 aliphatic carbocycles. The lowest BCUT2D eigenvalue weighted by molar-refractivity contribution is 0.0950. The molecule has 0 bridgehead atoms. The lowest BCUT2D eigenvalue weighted by atomic mass is 9.82. The van der Waals surface area contributed by atoms with E-state index in [0.29, 0.717) is 34.4 Å². The average molecular weight is 414 g/mol. The van der Waals surface area contributed by atoms with Crippen LogP contribution in [0.15, 0.2) is 42.6 Å². The third-order valence-electron chi connectivity index (χ3n) is 6.12. The first-order valence-corrected chi connectivity index (χ1v) is 10.6. The molecule has 1 saturated heterocycles. The van der Waals surface area contributed by atoms with Crippen LogP contribution in [0.4, 0.5) is 5.69 Å². The quantitative estimate of drug-likeness (QED) is 0.687. The summed E-state index contributed by atoms with van der Waals surface area (Å²) in [6, 6.07) is 13.8. The first-order chi connectivity index (χ1) is 14.9. The van der Waals surface area contributed by atoms with Gasteiger partial charge in [-0.25, -0.2) is 9.97 Å². The third kappa shape index (κ3) is 4.51. The Labute approximate surface area is 182 Å². The molecule has 31 heavy (non-hydrogen) atoms. The van der Waals surface area contributed by atoms with Crippen LogP contribution in [0.3, 0.4) is 0 Å². The second-order valence-electron chi connectivity index (χ2n) is 8.97. The van der Waals surface area contributed by atoms with Gasteiger partial charge in [-0.05, 0) is 61.1 Å². The Morgan fingerprint density at radius 2 is 2.00 bits per heavy atom. The summed E-state index contributed by atoms with van der Waals surface area (Å²) in [4.78, 5) is 23.7. The van der Waals surface area contributed by atoms with Crippen LogP contribution in [0.25, 0.3) is 11.0 Å². The van der Waals surface area contributed by atoms with E-state index in [1.165, 1.54) is 0 Å². The number of amides is 1. The Hall–Kier alpha value is -3.46. The number of aryl methyl sites for hydroxylation is 1. The van der Waals surface area contributed by atoms with Gasteiger partial charge >= 0.3 is 0 Å². The van der Waals surface area contributed by atoms with Crippen molar-refractivity contribution in [3.8, 4) is 6.07 Å². The van der Waals surface area contributed by atoms with Crippen LogP contribution in [-0.2, 0) is 6.54 Å². The summed E-state index contributed by atoms with van der Waals surface area (Å²) in [6.07, 6.45) is 3.92. The Balaban J connectivity index is 1.47. The Kier molecular flexibility index (Phi) is 5.60. The zero-order valence-corrected chi connectivity index (χ0v) is 18.3. The van der Waals surface area contributed by atoms with Gasteiger partial charge in [0.25, 0.3) is 5.91 Å². The zero-order chi connectivity index (χ0) is 22.0. The number of nitrogens with one attached hydrogen (secondary N) is 1. The number of benzene rings is 1. The van der Waals surface area contributed by atoms with Gasteiger partial charge in [-0.3, -0.25) is 4.79 Å². The topological polar surface area (TPSA) is 81.9 Å². The molecular formula is C25H27N5O. The van der Waals surface area contributed by atoms with Gasteiger partial charge in [0.15, 0.2) is 5.65 Å². The lowest BCUT2D eigenvalue weighted by Crippen LogP contribution is -2.37. The van der Waals surface area contributed by atoms with Gasteiger partial charge < -0.3 is 10.2 Å². The average Bonchev–Trinajstić information content (AvgIpc) is 2.77. The summed E-state index contributed by atoms with van der Waals surface area (Å²) < 4.78 is 0. The molecule has 158 valence electrons. The second-order valence-corrected chi connectivity index (χ2v) is 8.97. The fourth-order valence-corrected chi connectivity index (χ4v) is 4.01. The number of aromatic nitrogens is 2. The summed E-state index contributed by atoms with van der Waals surface area (Å²) >= 11 is 0. The molecule has 0 atom stereocenters. The summed E-state index contributed by atoms with van der Waals surface area (Å²) in [6.45, 7) is 8.67. The molecule has 1 aromatic carbocycles. The maximum absolute atomic E-state index is 12.8. The van der Waals surface area contributed by atoms with E-state index in [4.69, 9.17) is 0 Å². The van der Waals surface area contributed by atoms with E-state index in [9.17, 15) is 10.1 Å². The van der Waals surface area contributed by atoms with Gasteiger partial charge in [0, 0.05) is 31.2 Å². The maximum Gasteiger partial charge on any atom is 0.253 e. The lowest BCUT2D eigenvalue weighted by Gasteiger charge is -2.38. The van der Waals surface area contributed by atoms with Crippen molar-refractivity contribution < 1.29 is 4.79 Å². The molecular weight excluding hydrogens is 386 g/mol. The smallest absolute Gasteiger partial charge is 0.253 e. The van der Waals surface area contributed by atoms with Gasteiger partial charge in [-0.15, -0.1) is 0 Å². The van der Waals surface area contributed by atoms with Crippen molar-refractivity contribution in [3.05, 3.63) is 65.0 Å². The van der Waals surface area contributed by atoms with E-state index in [0.717, 1.165) is 42.6 Å². The van der Waals surface area contributed by atoms with Crippen LogP contribution in [0.1, 0.15) is 53.9 Å². The molecule has 1 N–H and O–H groups in total. The minimum atomic E-state index is -0.184. The number of pyridine rings is 2. The molecule has 0 spiro atoms. The number of rotatable bonds is 4.